The Bertz CT molecular complexity index is 399. The summed E-state index contributed by atoms with van der Waals surface area (Å²) >= 11 is 1.72. The van der Waals surface area contributed by atoms with Crippen LogP contribution in [0.1, 0.15) is 42.6 Å². The molecular formula is C12H20N4OS. The molecular weight excluding hydrogens is 248 g/mol. The lowest BCUT2D eigenvalue weighted by molar-refractivity contribution is 0.182. The lowest BCUT2D eigenvalue weighted by atomic mass is 9.98. The first-order valence-electron chi connectivity index (χ1n) is 6.59. The molecule has 2 rings (SSSR count). The molecule has 1 fully saturated rings. The highest BCUT2D eigenvalue weighted by atomic mass is 32.1. The van der Waals surface area contributed by atoms with Crippen LogP contribution in [-0.2, 0) is 6.42 Å². The molecule has 1 N–H and O–H groups in total. The van der Waals surface area contributed by atoms with Crippen LogP contribution in [0.15, 0.2) is 0 Å². The van der Waals surface area contributed by atoms with E-state index in [0.717, 1.165) is 42.4 Å². The van der Waals surface area contributed by atoms with Crippen molar-refractivity contribution in [3.63, 3.8) is 0 Å². The average Bonchev–Trinajstić information content (AvgIpc) is 2.88. The zero-order valence-electron chi connectivity index (χ0n) is 11.0. The molecule has 1 saturated heterocycles. The van der Waals surface area contributed by atoms with Gasteiger partial charge in [0.05, 0.1) is 0 Å². The van der Waals surface area contributed by atoms with Crippen molar-refractivity contribution < 1.29 is 4.79 Å². The smallest absolute Gasteiger partial charge is 0.317 e. The van der Waals surface area contributed by atoms with Crippen LogP contribution in [0.3, 0.4) is 0 Å². The summed E-state index contributed by atoms with van der Waals surface area (Å²) in [5.41, 5.74) is 0. The lowest BCUT2D eigenvalue weighted by Gasteiger charge is -2.30. The SMILES string of the molecule is CCNC(=O)N1CCC(c2nnc(CC)s2)CC1. The van der Waals surface area contributed by atoms with Gasteiger partial charge < -0.3 is 10.2 Å². The maximum absolute atomic E-state index is 11.7. The Kier molecular flexibility index (Phi) is 4.52. The first kappa shape index (κ1) is 13.3. The number of likely N-dealkylation sites (tertiary alicyclic amines) is 1. The number of rotatable bonds is 3. The second kappa shape index (κ2) is 6.13. The molecule has 0 aromatic carbocycles. The quantitative estimate of drug-likeness (QED) is 0.912. The number of carbonyl (C=O) groups excluding carboxylic acids is 1. The lowest BCUT2D eigenvalue weighted by Crippen LogP contribution is -2.44. The molecule has 0 saturated carbocycles. The summed E-state index contributed by atoms with van der Waals surface area (Å²) in [6, 6.07) is 0.0578. The molecule has 2 heterocycles. The Balaban J connectivity index is 1.88. The van der Waals surface area contributed by atoms with E-state index in [9.17, 15) is 4.79 Å². The Hall–Kier alpha value is -1.17. The maximum atomic E-state index is 11.7. The van der Waals surface area contributed by atoms with E-state index in [1.54, 1.807) is 11.3 Å². The molecule has 0 spiro atoms. The van der Waals surface area contributed by atoms with Gasteiger partial charge in [-0.05, 0) is 26.2 Å². The van der Waals surface area contributed by atoms with Crippen LogP contribution < -0.4 is 5.32 Å². The number of aromatic nitrogens is 2. The van der Waals surface area contributed by atoms with E-state index in [-0.39, 0.29) is 6.03 Å². The molecule has 5 nitrogen and oxygen atoms in total. The first-order chi connectivity index (χ1) is 8.74. The highest BCUT2D eigenvalue weighted by Crippen LogP contribution is 2.30. The molecule has 0 atom stereocenters. The molecule has 0 aliphatic carbocycles. The van der Waals surface area contributed by atoms with Crippen molar-refractivity contribution in [2.45, 2.75) is 39.0 Å². The van der Waals surface area contributed by atoms with Gasteiger partial charge >= 0.3 is 6.03 Å². The van der Waals surface area contributed by atoms with Gasteiger partial charge in [-0.2, -0.15) is 0 Å². The summed E-state index contributed by atoms with van der Waals surface area (Å²) in [5, 5.41) is 13.5. The van der Waals surface area contributed by atoms with Gasteiger partial charge in [-0.1, -0.05) is 6.92 Å². The molecule has 100 valence electrons. The van der Waals surface area contributed by atoms with E-state index in [4.69, 9.17) is 0 Å². The second-order valence-electron chi connectivity index (χ2n) is 4.48. The Morgan fingerprint density at radius 2 is 2.11 bits per heavy atom. The van der Waals surface area contributed by atoms with Crippen molar-refractivity contribution in [2.75, 3.05) is 19.6 Å². The minimum absolute atomic E-state index is 0.0578. The van der Waals surface area contributed by atoms with Crippen LogP contribution in [0, 0.1) is 0 Å². The van der Waals surface area contributed by atoms with Crippen LogP contribution in [0.2, 0.25) is 0 Å². The van der Waals surface area contributed by atoms with Gasteiger partial charge in [-0.15, -0.1) is 21.5 Å². The zero-order valence-corrected chi connectivity index (χ0v) is 11.8. The Morgan fingerprint density at radius 1 is 1.39 bits per heavy atom. The van der Waals surface area contributed by atoms with Crippen molar-refractivity contribution in [1.82, 2.24) is 20.4 Å². The third-order valence-corrected chi connectivity index (χ3v) is 4.47. The normalized spacial score (nSPS) is 16.9. The minimum atomic E-state index is 0.0578. The molecule has 1 aromatic rings. The van der Waals surface area contributed by atoms with Gasteiger partial charge in [0.1, 0.15) is 10.0 Å². The zero-order chi connectivity index (χ0) is 13.0. The summed E-state index contributed by atoms with van der Waals surface area (Å²) in [6.07, 6.45) is 2.94. The fourth-order valence-electron chi connectivity index (χ4n) is 2.17. The topological polar surface area (TPSA) is 58.1 Å². The van der Waals surface area contributed by atoms with Crippen molar-refractivity contribution in [3.8, 4) is 0 Å². The molecule has 1 aliphatic heterocycles. The van der Waals surface area contributed by atoms with E-state index < -0.39 is 0 Å². The number of amides is 2. The number of aryl methyl sites for hydroxylation is 1. The van der Waals surface area contributed by atoms with Gasteiger partial charge in [0, 0.05) is 25.6 Å². The molecule has 0 unspecified atom stereocenters. The number of hydrogen-bond acceptors (Lipinski definition) is 4. The summed E-state index contributed by atoms with van der Waals surface area (Å²) in [5.74, 6) is 0.480. The predicted octanol–water partition coefficient (Wildman–Crippen LogP) is 2.01. The van der Waals surface area contributed by atoms with Crippen molar-refractivity contribution in [3.05, 3.63) is 10.0 Å². The Labute approximate surface area is 112 Å². The molecule has 1 aromatic heterocycles. The monoisotopic (exact) mass is 268 g/mol. The third-order valence-electron chi connectivity index (χ3n) is 3.24. The number of piperidine rings is 1. The van der Waals surface area contributed by atoms with Crippen LogP contribution in [0.5, 0.6) is 0 Å². The van der Waals surface area contributed by atoms with Gasteiger partial charge in [0.15, 0.2) is 0 Å². The molecule has 6 heteroatoms. The van der Waals surface area contributed by atoms with Gasteiger partial charge in [-0.3, -0.25) is 0 Å². The predicted molar refractivity (Wildman–Crippen MR) is 71.9 cm³/mol. The van der Waals surface area contributed by atoms with Crippen molar-refractivity contribution in [1.29, 1.82) is 0 Å². The van der Waals surface area contributed by atoms with Crippen molar-refractivity contribution >= 4 is 17.4 Å². The van der Waals surface area contributed by atoms with E-state index >= 15 is 0 Å². The van der Waals surface area contributed by atoms with Crippen LogP contribution in [0.25, 0.3) is 0 Å². The fraction of sp³-hybridized carbons (Fsp3) is 0.750. The molecule has 0 radical (unpaired) electrons. The van der Waals surface area contributed by atoms with Gasteiger partial charge in [0.25, 0.3) is 0 Å². The molecule has 18 heavy (non-hydrogen) atoms. The highest BCUT2D eigenvalue weighted by molar-refractivity contribution is 7.11. The van der Waals surface area contributed by atoms with Crippen LogP contribution in [0.4, 0.5) is 4.79 Å². The molecule has 1 aliphatic rings. The molecule has 0 bridgehead atoms. The number of nitrogens with one attached hydrogen (secondary N) is 1. The summed E-state index contributed by atoms with van der Waals surface area (Å²) in [6.45, 7) is 6.37. The fourth-order valence-corrected chi connectivity index (χ4v) is 3.12. The third kappa shape index (κ3) is 2.98. The van der Waals surface area contributed by atoms with Gasteiger partial charge in [0.2, 0.25) is 0 Å². The summed E-state index contributed by atoms with van der Waals surface area (Å²) < 4.78 is 0. The summed E-state index contributed by atoms with van der Waals surface area (Å²) in [4.78, 5) is 13.6. The van der Waals surface area contributed by atoms with E-state index in [0.29, 0.717) is 12.5 Å². The maximum Gasteiger partial charge on any atom is 0.317 e. The minimum Gasteiger partial charge on any atom is -0.338 e. The van der Waals surface area contributed by atoms with E-state index in [1.807, 2.05) is 11.8 Å². The number of carbonyl (C=O) groups is 1. The number of hydrogen-bond donors (Lipinski definition) is 1. The van der Waals surface area contributed by atoms with Gasteiger partial charge in [-0.25, -0.2) is 4.79 Å². The molecule has 2 amide bonds. The van der Waals surface area contributed by atoms with Crippen LogP contribution >= 0.6 is 11.3 Å². The highest BCUT2D eigenvalue weighted by Gasteiger charge is 2.25. The largest absolute Gasteiger partial charge is 0.338 e. The number of urea groups is 1. The summed E-state index contributed by atoms with van der Waals surface area (Å²) in [7, 11) is 0. The van der Waals surface area contributed by atoms with E-state index in [2.05, 4.69) is 22.4 Å². The van der Waals surface area contributed by atoms with Crippen molar-refractivity contribution in [2.24, 2.45) is 0 Å². The van der Waals surface area contributed by atoms with Crippen LogP contribution in [-0.4, -0.2) is 40.8 Å². The van der Waals surface area contributed by atoms with E-state index in [1.165, 1.54) is 0 Å². The Morgan fingerprint density at radius 3 is 2.67 bits per heavy atom. The average molecular weight is 268 g/mol. The second-order valence-corrected chi connectivity index (χ2v) is 5.58. The standard InChI is InChI=1S/C12H20N4OS/c1-3-10-14-15-11(18-10)9-5-7-16(8-6-9)12(17)13-4-2/h9H,3-8H2,1-2H3,(H,13,17). The first-order valence-corrected chi connectivity index (χ1v) is 7.41. The number of nitrogens with zero attached hydrogens (tertiary/aromatic N) is 3.